The molecule has 1 N–H and O–H groups in total. The third kappa shape index (κ3) is 3.14. The summed E-state index contributed by atoms with van der Waals surface area (Å²) in [5.74, 6) is 0.252. The first kappa shape index (κ1) is 17.8. The van der Waals surface area contributed by atoms with Crippen LogP contribution >= 0.6 is 0 Å². The molecule has 2 bridgehead atoms. The fourth-order valence-corrected chi connectivity index (χ4v) is 4.55. The molecule has 1 aromatic carbocycles. The van der Waals surface area contributed by atoms with E-state index in [0.29, 0.717) is 23.7 Å². The minimum absolute atomic E-state index is 0.00800. The zero-order valence-electron chi connectivity index (χ0n) is 16.0. The monoisotopic (exact) mass is 392 g/mol. The Morgan fingerprint density at radius 3 is 2.76 bits per heavy atom. The van der Waals surface area contributed by atoms with Crippen molar-refractivity contribution < 1.29 is 9.18 Å². The maximum absolute atomic E-state index is 14.3. The number of halogens is 1. The van der Waals surface area contributed by atoms with Crippen molar-refractivity contribution in [3.8, 4) is 5.69 Å². The van der Waals surface area contributed by atoms with Crippen molar-refractivity contribution in [2.45, 2.75) is 31.8 Å². The van der Waals surface area contributed by atoms with E-state index in [1.165, 1.54) is 10.9 Å². The molecule has 7 nitrogen and oxygen atoms in total. The number of rotatable bonds is 4. The van der Waals surface area contributed by atoms with Crippen molar-refractivity contribution in [3.63, 3.8) is 0 Å². The lowest BCUT2D eigenvalue weighted by Crippen LogP contribution is -2.48. The number of anilines is 1. The fourth-order valence-electron chi connectivity index (χ4n) is 4.55. The summed E-state index contributed by atoms with van der Waals surface area (Å²) in [5, 5.41) is 11.6. The highest BCUT2D eigenvalue weighted by atomic mass is 19.1. The van der Waals surface area contributed by atoms with E-state index in [1.54, 1.807) is 24.7 Å². The van der Waals surface area contributed by atoms with Crippen LogP contribution in [0.1, 0.15) is 28.8 Å². The van der Waals surface area contributed by atoms with Crippen molar-refractivity contribution in [3.05, 3.63) is 65.9 Å². The van der Waals surface area contributed by atoms with Crippen molar-refractivity contribution >= 4 is 11.7 Å². The second-order valence-corrected chi connectivity index (χ2v) is 7.79. The number of carbonyl (C=O) groups is 1. The number of para-hydroxylation sites is 1. The normalized spacial score (nSPS) is 22.8. The first-order chi connectivity index (χ1) is 14.1. The molecular weight excluding hydrogens is 371 g/mol. The van der Waals surface area contributed by atoms with Gasteiger partial charge in [0.1, 0.15) is 0 Å². The van der Waals surface area contributed by atoms with Crippen LogP contribution in [0.4, 0.5) is 10.2 Å². The van der Waals surface area contributed by atoms with E-state index >= 15 is 0 Å². The van der Waals surface area contributed by atoms with Crippen LogP contribution in [0.3, 0.4) is 0 Å². The predicted octanol–water partition coefficient (Wildman–Crippen LogP) is 2.82. The van der Waals surface area contributed by atoms with Crippen LogP contribution in [0, 0.1) is 18.7 Å². The molecule has 1 amide bonds. The highest BCUT2D eigenvalue weighted by Gasteiger charge is 2.47. The number of aromatic nitrogens is 4. The summed E-state index contributed by atoms with van der Waals surface area (Å²) in [6, 6.07) is 8.81. The van der Waals surface area contributed by atoms with Crippen LogP contribution in [-0.2, 0) is 0 Å². The lowest BCUT2D eigenvalue weighted by atomic mass is 10.0. The lowest BCUT2D eigenvalue weighted by molar-refractivity contribution is 0.0691. The molecule has 3 atom stereocenters. The van der Waals surface area contributed by atoms with Crippen molar-refractivity contribution in [2.75, 3.05) is 11.9 Å². The predicted molar refractivity (Wildman–Crippen MR) is 105 cm³/mol. The summed E-state index contributed by atoms with van der Waals surface area (Å²) in [6.07, 6.45) is 6.64. The summed E-state index contributed by atoms with van der Waals surface area (Å²) in [7, 11) is 0. The maximum Gasteiger partial charge on any atom is 0.256 e. The zero-order valence-corrected chi connectivity index (χ0v) is 16.0. The number of aryl methyl sites for hydroxylation is 1. The molecule has 148 valence electrons. The number of piperidine rings is 1. The standard InChI is InChI=1S/C21H21FN6O/c1-13-8-16(22)20(23-11-13)26-17-9-14-10-19(17)27(12-14)21(29)15-4-2-3-5-18(15)28-24-6-7-25-28/h2-8,11,14,17,19H,9-10,12H2,1H3,(H,23,26). The van der Waals surface area contributed by atoms with E-state index in [9.17, 15) is 9.18 Å². The van der Waals surface area contributed by atoms with E-state index in [0.717, 1.165) is 18.4 Å². The van der Waals surface area contributed by atoms with E-state index in [-0.39, 0.29) is 29.6 Å². The SMILES string of the molecule is Cc1cnc(NC2CC3CC2N(C(=O)c2ccccc2-n2nccn2)C3)c(F)c1. The van der Waals surface area contributed by atoms with Crippen LogP contribution in [0.25, 0.3) is 5.69 Å². The van der Waals surface area contributed by atoms with Gasteiger partial charge < -0.3 is 10.2 Å². The van der Waals surface area contributed by atoms with Crippen LogP contribution in [0.5, 0.6) is 0 Å². The number of fused-ring (bicyclic) bond motifs is 2. The molecular formula is C21H21FN6O. The van der Waals surface area contributed by atoms with Gasteiger partial charge in [0, 0.05) is 18.8 Å². The van der Waals surface area contributed by atoms with Crippen LogP contribution in [0.15, 0.2) is 48.9 Å². The molecule has 0 spiro atoms. The molecule has 29 heavy (non-hydrogen) atoms. The second kappa shape index (κ2) is 6.95. The van der Waals surface area contributed by atoms with Gasteiger partial charge in [0.25, 0.3) is 5.91 Å². The third-order valence-electron chi connectivity index (χ3n) is 5.81. The molecule has 0 radical (unpaired) electrons. The number of pyridine rings is 1. The Morgan fingerprint density at radius 1 is 1.21 bits per heavy atom. The Morgan fingerprint density at radius 2 is 2.00 bits per heavy atom. The van der Waals surface area contributed by atoms with Crippen LogP contribution < -0.4 is 5.32 Å². The average molecular weight is 392 g/mol. The van der Waals surface area contributed by atoms with Crippen molar-refractivity contribution in [1.82, 2.24) is 24.9 Å². The molecule has 2 aliphatic rings. The molecule has 3 unspecified atom stereocenters. The summed E-state index contributed by atoms with van der Waals surface area (Å²) in [6.45, 7) is 2.52. The molecule has 1 aliphatic carbocycles. The van der Waals surface area contributed by atoms with Gasteiger partial charge in [0.05, 0.1) is 29.7 Å². The number of benzene rings is 1. The molecule has 3 heterocycles. The van der Waals surface area contributed by atoms with Gasteiger partial charge in [-0.15, -0.1) is 0 Å². The quantitative estimate of drug-likeness (QED) is 0.739. The van der Waals surface area contributed by atoms with Gasteiger partial charge >= 0.3 is 0 Å². The molecule has 3 aromatic rings. The molecule has 1 saturated heterocycles. The molecule has 1 saturated carbocycles. The highest BCUT2D eigenvalue weighted by molar-refractivity contribution is 5.98. The van der Waals surface area contributed by atoms with E-state index in [2.05, 4.69) is 20.5 Å². The number of nitrogens with zero attached hydrogens (tertiary/aromatic N) is 5. The Hall–Kier alpha value is -3.29. The van der Waals surface area contributed by atoms with E-state index in [4.69, 9.17) is 0 Å². The van der Waals surface area contributed by atoms with Gasteiger partial charge in [-0.25, -0.2) is 9.37 Å². The largest absolute Gasteiger partial charge is 0.363 e. The Labute approximate surface area is 167 Å². The summed E-state index contributed by atoms with van der Waals surface area (Å²) in [4.78, 5) is 21.0. The van der Waals surface area contributed by atoms with E-state index < -0.39 is 0 Å². The zero-order chi connectivity index (χ0) is 20.0. The first-order valence-corrected chi connectivity index (χ1v) is 9.75. The van der Waals surface area contributed by atoms with Gasteiger partial charge in [-0.1, -0.05) is 12.1 Å². The number of likely N-dealkylation sites (tertiary alicyclic amines) is 1. The summed E-state index contributed by atoms with van der Waals surface area (Å²) < 4.78 is 14.3. The Balaban J connectivity index is 1.40. The van der Waals surface area contributed by atoms with Gasteiger partial charge in [0.15, 0.2) is 11.6 Å². The average Bonchev–Trinajstić information content (AvgIpc) is 3.47. The number of amides is 1. The van der Waals surface area contributed by atoms with E-state index in [1.807, 2.05) is 30.0 Å². The molecule has 8 heteroatoms. The number of hydrogen-bond acceptors (Lipinski definition) is 5. The smallest absolute Gasteiger partial charge is 0.256 e. The van der Waals surface area contributed by atoms with Gasteiger partial charge in [-0.05, 0) is 49.4 Å². The summed E-state index contributed by atoms with van der Waals surface area (Å²) >= 11 is 0. The Kier molecular flexibility index (Phi) is 4.26. The van der Waals surface area contributed by atoms with Gasteiger partial charge in [-0.3, -0.25) is 4.79 Å². The molecule has 2 aromatic heterocycles. The van der Waals surface area contributed by atoms with Crippen LogP contribution in [-0.4, -0.2) is 49.4 Å². The topological polar surface area (TPSA) is 75.9 Å². The van der Waals surface area contributed by atoms with Crippen LogP contribution in [0.2, 0.25) is 0 Å². The first-order valence-electron chi connectivity index (χ1n) is 9.75. The highest BCUT2D eigenvalue weighted by Crippen LogP contribution is 2.40. The fraction of sp³-hybridized carbons (Fsp3) is 0.333. The molecule has 5 rings (SSSR count). The van der Waals surface area contributed by atoms with Crippen molar-refractivity contribution in [2.24, 2.45) is 5.92 Å². The lowest BCUT2D eigenvalue weighted by Gasteiger charge is -2.34. The Bertz CT molecular complexity index is 1050. The summed E-state index contributed by atoms with van der Waals surface area (Å²) in [5.41, 5.74) is 2.00. The van der Waals surface area contributed by atoms with Gasteiger partial charge in [0.2, 0.25) is 0 Å². The molecule has 2 fully saturated rings. The number of nitrogens with one attached hydrogen (secondary N) is 1. The second-order valence-electron chi connectivity index (χ2n) is 7.79. The molecule has 1 aliphatic heterocycles. The minimum atomic E-state index is -0.360. The number of hydrogen-bond donors (Lipinski definition) is 1. The third-order valence-corrected chi connectivity index (χ3v) is 5.81. The maximum atomic E-state index is 14.3. The van der Waals surface area contributed by atoms with Crippen molar-refractivity contribution in [1.29, 1.82) is 0 Å². The van der Waals surface area contributed by atoms with Gasteiger partial charge in [-0.2, -0.15) is 15.0 Å². The number of carbonyl (C=O) groups excluding carboxylic acids is 1. The minimum Gasteiger partial charge on any atom is -0.363 e.